The van der Waals surface area contributed by atoms with Gasteiger partial charge in [-0.25, -0.2) is 14.3 Å². The van der Waals surface area contributed by atoms with Gasteiger partial charge in [0.1, 0.15) is 6.61 Å². The summed E-state index contributed by atoms with van der Waals surface area (Å²) < 4.78 is 7.17. The molecule has 1 aromatic heterocycles. The van der Waals surface area contributed by atoms with Crippen LogP contribution in [0.5, 0.6) is 0 Å². The summed E-state index contributed by atoms with van der Waals surface area (Å²) in [6, 6.07) is 16.4. The number of carbonyl (C=O) groups is 2. The van der Waals surface area contributed by atoms with E-state index in [0.29, 0.717) is 32.5 Å². The number of nitrogens with zero attached hydrogens (tertiary/aromatic N) is 4. The highest BCUT2D eigenvalue weighted by molar-refractivity contribution is 5.85. The van der Waals surface area contributed by atoms with Crippen LogP contribution in [-0.2, 0) is 4.74 Å². The van der Waals surface area contributed by atoms with Gasteiger partial charge in [-0.05, 0) is 35.1 Å². The van der Waals surface area contributed by atoms with Gasteiger partial charge in [0.15, 0.2) is 5.69 Å². The molecule has 1 saturated heterocycles. The van der Waals surface area contributed by atoms with Gasteiger partial charge in [0.05, 0.1) is 12.2 Å². The summed E-state index contributed by atoms with van der Waals surface area (Å²) in [5.41, 5.74) is 4.83. The van der Waals surface area contributed by atoms with E-state index in [9.17, 15) is 14.7 Å². The number of carboxylic acids is 1. The molecular formula is C23H22N4O4. The van der Waals surface area contributed by atoms with Crippen LogP contribution in [0.25, 0.3) is 11.1 Å². The van der Waals surface area contributed by atoms with Crippen LogP contribution < -0.4 is 0 Å². The molecule has 3 aromatic rings. The predicted molar refractivity (Wildman–Crippen MR) is 112 cm³/mol. The summed E-state index contributed by atoms with van der Waals surface area (Å²) in [4.78, 5) is 25.7. The van der Waals surface area contributed by atoms with Crippen molar-refractivity contribution in [1.82, 2.24) is 19.9 Å². The van der Waals surface area contributed by atoms with E-state index in [-0.39, 0.29) is 23.7 Å². The minimum atomic E-state index is -1.05. The highest BCUT2D eigenvalue weighted by Gasteiger charge is 2.31. The Morgan fingerprint density at radius 3 is 2.23 bits per heavy atom. The quantitative estimate of drug-likeness (QED) is 0.696. The molecule has 2 aromatic carbocycles. The first-order chi connectivity index (χ1) is 15.1. The highest BCUT2D eigenvalue weighted by Crippen LogP contribution is 2.44. The maximum Gasteiger partial charge on any atom is 0.409 e. The van der Waals surface area contributed by atoms with E-state index < -0.39 is 5.97 Å². The second kappa shape index (κ2) is 7.86. The molecule has 1 aliphatic carbocycles. The Morgan fingerprint density at radius 1 is 1.00 bits per heavy atom. The van der Waals surface area contributed by atoms with Gasteiger partial charge in [-0.2, -0.15) is 0 Å². The molecule has 0 spiro atoms. The van der Waals surface area contributed by atoms with Crippen molar-refractivity contribution in [3.8, 4) is 11.1 Å². The van der Waals surface area contributed by atoms with E-state index in [1.807, 2.05) is 24.3 Å². The number of rotatable bonds is 4. The highest BCUT2D eigenvalue weighted by atomic mass is 16.6. The Bertz CT molecular complexity index is 1090. The monoisotopic (exact) mass is 418 g/mol. The van der Waals surface area contributed by atoms with Gasteiger partial charge in [-0.1, -0.05) is 53.7 Å². The number of aromatic carboxylic acids is 1. The molecule has 1 amide bonds. The third kappa shape index (κ3) is 3.43. The van der Waals surface area contributed by atoms with E-state index >= 15 is 0 Å². The molecule has 158 valence electrons. The fourth-order valence-electron chi connectivity index (χ4n) is 4.64. The number of aromatic nitrogens is 3. The Balaban J connectivity index is 1.22. The van der Waals surface area contributed by atoms with E-state index in [4.69, 9.17) is 4.74 Å². The minimum Gasteiger partial charge on any atom is -0.476 e. The Labute approximate surface area is 179 Å². The molecular weight excluding hydrogens is 396 g/mol. The zero-order chi connectivity index (χ0) is 21.4. The lowest BCUT2D eigenvalue weighted by Gasteiger charge is -2.31. The molecule has 2 heterocycles. The van der Waals surface area contributed by atoms with Crippen molar-refractivity contribution in [2.45, 2.75) is 24.8 Å². The average Bonchev–Trinajstić information content (AvgIpc) is 3.41. The van der Waals surface area contributed by atoms with Gasteiger partial charge in [0.2, 0.25) is 0 Å². The van der Waals surface area contributed by atoms with Crippen LogP contribution in [0.1, 0.15) is 46.4 Å². The van der Waals surface area contributed by atoms with Crippen LogP contribution in [0.3, 0.4) is 0 Å². The first-order valence-corrected chi connectivity index (χ1v) is 10.4. The van der Waals surface area contributed by atoms with Crippen molar-refractivity contribution < 1.29 is 19.4 Å². The number of carboxylic acid groups (broad SMARTS) is 1. The Hall–Kier alpha value is -3.68. The number of ether oxygens (including phenoxy) is 1. The van der Waals surface area contributed by atoms with Gasteiger partial charge in [-0.3, -0.25) is 0 Å². The molecule has 8 nitrogen and oxygen atoms in total. The molecule has 1 fully saturated rings. The number of benzene rings is 2. The SMILES string of the molecule is O=C(O)c1cnnn1C1CCN(C(=O)OCC2c3ccccc3-c3ccccc32)CC1. The standard InChI is InChI=1S/C23H22N4O4/c28-22(29)21-13-24-25-27(21)15-9-11-26(12-10-15)23(30)31-14-20-18-7-3-1-5-16(18)17-6-2-4-8-19(17)20/h1-8,13,15,20H,9-12,14H2,(H,28,29). The Kier molecular flexibility index (Phi) is 4.89. The molecule has 31 heavy (non-hydrogen) atoms. The van der Waals surface area contributed by atoms with Gasteiger partial charge in [0, 0.05) is 19.0 Å². The lowest BCUT2D eigenvalue weighted by atomic mass is 9.98. The lowest BCUT2D eigenvalue weighted by molar-refractivity contribution is 0.0663. The summed E-state index contributed by atoms with van der Waals surface area (Å²) in [7, 11) is 0. The minimum absolute atomic E-state index is 0.0298. The zero-order valence-corrected chi connectivity index (χ0v) is 16.8. The first-order valence-electron chi connectivity index (χ1n) is 10.4. The van der Waals surface area contributed by atoms with Gasteiger partial charge < -0.3 is 14.7 Å². The topological polar surface area (TPSA) is 97.5 Å². The van der Waals surface area contributed by atoms with Gasteiger partial charge in [-0.15, -0.1) is 5.10 Å². The second-order valence-electron chi connectivity index (χ2n) is 7.89. The summed E-state index contributed by atoms with van der Waals surface area (Å²) in [5.74, 6) is -1.02. The van der Waals surface area contributed by atoms with E-state index in [1.165, 1.54) is 33.1 Å². The number of amides is 1. The largest absolute Gasteiger partial charge is 0.476 e. The summed E-state index contributed by atoms with van der Waals surface area (Å²) in [6.45, 7) is 1.26. The predicted octanol–water partition coefficient (Wildman–Crippen LogP) is 3.56. The smallest absolute Gasteiger partial charge is 0.409 e. The maximum absolute atomic E-state index is 12.7. The lowest BCUT2D eigenvalue weighted by Crippen LogP contribution is -2.40. The number of fused-ring (bicyclic) bond motifs is 3. The van der Waals surface area contributed by atoms with E-state index in [0.717, 1.165) is 0 Å². The molecule has 0 unspecified atom stereocenters. The molecule has 2 aliphatic rings. The fraction of sp³-hybridized carbons (Fsp3) is 0.304. The second-order valence-corrected chi connectivity index (χ2v) is 7.89. The normalized spacial score (nSPS) is 16.1. The molecule has 0 saturated carbocycles. The molecule has 1 aliphatic heterocycles. The summed E-state index contributed by atoms with van der Waals surface area (Å²) >= 11 is 0. The number of hydrogen-bond donors (Lipinski definition) is 1. The third-order valence-corrected chi connectivity index (χ3v) is 6.20. The van der Waals surface area contributed by atoms with Crippen LogP contribution in [0.4, 0.5) is 4.79 Å². The molecule has 0 radical (unpaired) electrons. The molecule has 0 atom stereocenters. The maximum atomic E-state index is 12.7. The first kappa shape index (κ1) is 19.3. The number of likely N-dealkylation sites (tertiary alicyclic amines) is 1. The van der Waals surface area contributed by atoms with Gasteiger partial charge >= 0.3 is 12.1 Å². The molecule has 5 rings (SSSR count). The fourth-order valence-corrected chi connectivity index (χ4v) is 4.64. The summed E-state index contributed by atoms with van der Waals surface area (Å²) in [6.07, 6.45) is 2.12. The number of hydrogen-bond acceptors (Lipinski definition) is 5. The van der Waals surface area contributed by atoms with Crippen LogP contribution in [-0.4, -0.2) is 56.8 Å². The van der Waals surface area contributed by atoms with Crippen LogP contribution >= 0.6 is 0 Å². The zero-order valence-electron chi connectivity index (χ0n) is 16.8. The van der Waals surface area contributed by atoms with E-state index in [1.54, 1.807) is 4.90 Å². The van der Waals surface area contributed by atoms with Crippen molar-refractivity contribution in [3.63, 3.8) is 0 Å². The molecule has 8 heteroatoms. The van der Waals surface area contributed by atoms with Crippen molar-refractivity contribution in [1.29, 1.82) is 0 Å². The van der Waals surface area contributed by atoms with Gasteiger partial charge in [0.25, 0.3) is 0 Å². The van der Waals surface area contributed by atoms with Crippen molar-refractivity contribution in [2.75, 3.05) is 19.7 Å². The molecule has 1 N–H and O–H groups in total. The van der Waals surface area contributed by atoms with Crippen molar-refractivity contribution in [2.24, 2.45) is 0 Å². The van der Waals surface area contributed by atoms with Crippen molar-refractivity contribution in [3.05, 3.63) is 71.5 Å². The summed E-state index contributed by atoms with van der Waals surface area (Å²) in [5, 5.41) is 16.9. The van der Waals surface area contributed by atoms with E-state index in [2.05, 4.69) is 34.6 Å². The molecule has 0 bridgehead atoms. The van der Waals surface area contributed by atoms with Crippen LogP contribution in [0.15, 0.2) is 54.7 Å². The number of piperidine rings is 1. The third-order valence-electron chi connectivity index (χ3n) is 6.20. The van der Waals surface area contributed by atoms with Crippen molar-refractivity contribution >= 4 is 12.1 Å². The Morgan fingerprint density at radius 2 is 1.61 bits per heavy atom. The van der Waals surface area contributed by atoms with Crippen LogP contribution in [0.2, 0.25) is 0 Å². The average molecular weight is 418 g/mol. The number of carbonyl (C=O) groups excluding carboxylic acids is 1. The van der Waals surface area contributed by atoms with Crippen LogP contribution in [0, 0.1) is 0 Å².